The van der Waals surface area contributed by atoms with Gasteiger partial charge in [-0.05, 0) is 64.9 Å². The number of rotatable bonds is 7. The molecule has 0 radical (unpaired) electrons. The van der Waals surface area contributed by atoms with Gasteiger partial charge in [0, 0.05) is 15.7 Å². The van der Waals surface area contributed by atoms with E-state index in [9.17, 15) is 4.79 Å². The molecule has 2 rings (SSSR count). The van der Waals surface area contributed by atoms with Crippen molar-refractivity contribution in [1.29, 1.82) is 0 Å². The number of benzene rings is 2. The van der Waals surface area contributed by atoms with E-state index in [0.717, 1.165) is 20.4 Å². The van der Waals surface area contributed by atoms with E-state index in [2.05, 4.69) is 34.8 Å². The van der Waals surface area contributed by atoms with Crippen molar-refractivity contribution >= 4 is 28.6 Å². The highest BCUT2D eigenvalue weighted by Gasteiger charge is 2.19. The van der Waals surface area contributed by atoms with Gasteiger partial charge in [-0.2, -0.15) is 0 Å². The van der Waals surface area contributed by atoms with Crippen molar-refractivity contribution in [3.63, 3.8) is 0 Å². The average molecular weight is 439 g/mol. The Bertz CT molecular complexity index is 655. The Morgan fingerprint density at radius 2 is 1.62 bits per heavy atom. The monoisotopic (exact) mass is 439 g/mol. The molecule has 0 spiro atoms. The van der Waals surface area contributed by atoms with Gasteiger partial charge in [-0.1, -0.05) is 24.3 Å². The SMILES string of the molecule is COC(=O)C[C@@H](N[C@@H](C)c1ccc(OC)cc1)c1ccc(I)cc1. The Kier molecular flexibility index (Phi) is 7.05. The van der Waals surface area contributed by atoms with Crippen LogP contribution in [0.5, 0.6) is 5.75 Å². The van der Waals surface area contributed by atoms with E-state index in [1.807, 2.05) is 48.5 Å². The van der Waals surface area contributed by atoms with Crippen LogP contribution in [-0.2, 0) is 9.53 Å². The van der Waals surface area contributed by atoms with Crippen LogP contribution >= 0.6 is 22.6 Å². The maximum Gasteiger partial charge on any atom is 0.307 e. The molecule has 0 heterocycles. The summed E-state index contributed by atoms with van der Waals surface area (Å²) in [6.07, 6.45) is 0.289. The van der Waals surface area contributed by atoms with Crippen LogP contribution in [0, 0.1) is 3.57 Å². The molecule has 24 heavy (non-hydrogen) atoms. The molecular weight excluding hydrogens is 417 g/mol. The molecule has 0 unspecified atom stereocenters. The minimum absolute atomic E-state index is 0.0878. The standard InChI is InChI=1S/C19H22INO3/c1-13(14-6-10-17(23-2)11-7-14)21-18(12-19(22)24-3)15-4-8-16(20)9-5-15/h4-11,13,18,21H,12H2,1-3H3/t13-,18+/m0/s1. The summed E-state index contributed by atoms with van der Waals surface area (Å²) < 4.78 is 11.2. The molecule has 2 atom stereocenters. The van der Waals surface area contributed by atoms with Gasteiger partial charge in [-0.3, -0.25) is 4.79 Å². The quantitative estimate of drug-likeness (QED) is 0.518. The molecule has 2 aromatic carbocycles. The van der Waals surface area contributed by atoms with Gasteiger partial charge in [-0.25, -0.2) is 0 Å². The van der Waals surface area contributed by atoms with Gasteiger partial charge in [0.1, 0.15) is 5.75 Å². The molecule has 4 nitrogen and oxygen atoms in total. The molecule has 128 valence electrons. The topological polar surface area (TPSA) is 47.6 Å². The lowest BCUT2D eigenvalue weighted by Gasteiger charge is -2.23. The average Bonchev–Trinajstić information content (AvgIpc) is 2.61. The van der Waals surface area contributed by atoms with Gasteiger partial charge in [0.25, 0.3) is 0 Å². The second kappa shape index (κ2) is 9.03. The minimum atomic E-state index is -0.229. The van der Waals surface area contributed by atoms with Crippen LogP contribution in [0.3, 0.4) is 0 Å². The van der Waals surface area contributed by atoms with Crippen molar-refractivity contribution < 1.29 is 14.3 Å². The third kappa shape index (κ3) is 5.21. The van der Waals surface area contributed by atoms with Crippen LogP contribution in [0.25, 0.3) is 0 Å². The molecule has 0 amide bonds. The lowest BCUT2D eigenvalue weighted by Crippen LogP contribution is -2.27. The molecule has 0 aromatic heterocycles. The Hall–Kier alpha value is -1.60. The largest absolute Gasteiger partial charge is 0.497 e. The summed E-state index contributed by atoms with van der Waals surface area (Å²) >= 11 is 2.27. The third-order valence-corrected chi connectivity index (χ3v) is 4.66. The minimum Gasteiger partial charge on any atom is -0.497 e. The number of hydrogen-bond acceptors (Lipinski definition) is 4. The summed E-state index contributed by atoms with van der Waals surface area (Å²) in [7, 11) is 3.07. The lowest BCUT2D eigenvalue weighted by molar-refractivity contribution is -0.141. The first-order valence-electron chi connectivity index (χ1n) is 7.75. The highest BCUT2D eigenvalue weighted by Crippen LogP contribution is 2.24. The predicted molar refractivity (Wildman–Crippen MR) is 103 cm³/mol. The Morgan fingerprint density at radius 3 is 2.17 bits per heavy atom. The molecule has 0 aliphatic rings. The second-order valence-corrected chi connectivity index (χ2v) is 6.79. The molecule has 2 aromatic rings. The summed E-state index contributed by atoms with van der Waals surface area (Å²) in [4.78, 5) is 11.8. The maximum atomic E-state index is 11.8. The molecule has 1 N–H and O–H groups in total. The van der Waals surface area contributed by atoms with Gasteiger partial charge in [0.2, 0.25) is 0 Å². The zero-order chi connectivity index (χ0) is 17.5. The van der Waals surface area contributed by atoms with E-state index in [-0.39, 0.29) is 24.5 Å². The summed E-state index contributed by atoms with van der Waals surface area (Å²) in [5.74, 6) is 0.600. The van der Waals surface area contributed by atoms with E-state index >= 15 is 0 Å². The lowest BCUT2D eigenvalue weighted by atomic mass is 10.0. The Labute approximate surface area is 156 Å². The van der Waals surface area contributed by atoms with E-state index in [1.54, 1.807) is 7.11 Å². The fourth-order valence-corrected chi connectivity index (χ4v) is 2.87. The molecule has 0 aliphatic heterocycles. The summed E-state index contributed by atoms with van der Waals surface area (Å²) in [6, 6.07) is 16.1. The van der Waals surface area contributed by atoms with Gasteiger partial charge in [0.15, 0.2) is 0 Å². The van der Waals surface area contributed by atoms with Crippen LogP contribution < -0.4 is 10.1 Å². The van der Waals surface area contributed by atoms with Crippen molar-refractivity contribution in [2.75, 3.05) is 14.2 Å². The molecule has 0 aliphatic carbocycles. The fraction of sp³-hybridized carbons (Fsp3) is 0.316. The molecule has 0 bridgehead atoms. The number of halogens is 1. The Morgan fingerprint density at radius 1 is 1.04 bits per heavy atom. The number of methoxy groups -OCH3 is 2. The first-order chi connectivity index (χ1) is 11.5. The third-order valence-electron chi connectivity index (χ3n) is 3.94. The van der Waals surface area contributed by atoms with Crippen molar-refractivity contribution in [2.45, 2.75) is 25.4 Å². The molecular formula is C19H22INO3. The number of carbonyl (C=O) groups excluding carboxylic acids is 1. The normalized spacial score (nSPS) is 13.2. The van der Waals surface area contributed by atoms with Crippen molar-refractivity contribution in [3.05, 3.63) is 63.2 Å². The smallest absolute Gasteiger partial charge is 0.307 e. The van der Waals surface area contributed by atoms with Crippen LogP contribution in [0.2, 0.25) is 0 Å². The van der Waals surface area contributed by atoms with Gasteiger partial charge < -0.3 is 14.8 Å². The van der Waals surface area contributed by atoms with Gasteiger partial charge >= 0.3 is 5.97 Å². The highest BCUT2D eigenvalue weighted by atomic mass is 127. The van der Waals surface area contributed by atoms with Crippen LogP contribution in [0.15, 0.2) is 48.5 Å². The van der Waals surface area contributed by atoms with Gasteiger partial charge in [0.05, 0.1) is 20.6 Å². The van der Waals surface area contributed by atoms with Crippen molar-refractivity contribution in [3.8, 4) is 5.75 Å². The van der Waals surface area contributed by atoms with Crippen molar-refractivity contribution in [2.24, 2.45) is 0 Å². The molecule has 0 saturated heterocycles. The van der Waals surface area contributed by atoms with Crippen LogP contribution in [-0.4, -0.2) is 20.2 Å². The first-order valence-corrected chi connectivity index (χ1v) is 8.83. The number of hydrogen-bond donors (Lipinski definition) is 1. The van der Waals surface area contributed by atoms with Gasteiger partial charge in [-0.15, -0.1) is 0 Å². The molecule has 5 heteroatoms. The number of carbonyl (C=O) groups is 1. The first kappa shape index (κ1) is 18.7. The fourth-order valence-electron chi connectivity index (χ4n) is 2.51. The van der Waals surface area contributed by atoms with E-state index < -0.39 is 0 Å². The van der Waals surface area contributed by atoms with Crippen molar-refractivity contribution in [1.82, 2.24) is 5.32 Å². The van der Waals surface area contributed by atoms with Crippen LogP contribution in [0.4, 0.5) is 0 Å². The van der Waals surface area contributed by atoms with Crippen LogP contribution in [0.1, 0.15) is 36.6 Å². The summed E-state index contributed by atoms with van der Waals surface area (Å²) in [5.41, 5.74) is 2.21. The van der Waals surface area contributed by atoms with E-state index in [1.165, 1.54) is 7.11 Å². The summed E-state index contributed by atoms with van der Waals surface area (Å²) in [6.45, 7) is 2.08. The molecule has 0 fully saturated rings. The van der Waals surface area contributed by atoms with E-state index in [0.29, 0.717) is 0 Å². The second-order valence-electron chi connectivity index (χ2n) is 5.55. The zero-order valence-corrected chi connectivity index (χ0v) is 16.2. The zero-order valence-electron chi connectivity index (χ0n) is 14.1. The number of ether oxygens (including phenoxy) is 2. The predicted octanol–water partition coefficient (Wildman–Crippen LogP) is 4.25. The van der Waals surface area contributed by atoms with E-state index in [4.69, 9.17) is 9.47 Å². The molecule has 0 saturated carbocycles. The summed E-state index contributed by atoms with van der Waals surface area (Å²) in [5, 5.41) is 3.53. The number of esters is 1. The number of nitrogens with one attached hydrogen (secondary N) is 1. The highest BCUT2D eigenvalue weighted by molar-refractivity contribution is 14.1. The Balaban J connectivity index is 2.16. The maximum absolute atomic E-state index is 11.8.